The van der Waals surface area contributed by atoms with Crippen LogP contribution in [-0.2, 0) is 14.3 Å². The molecular formula is C15H17NO5. The Morgan fingerprint density at radius 1 is 1.29 bits per heavy atom. The number of ether oxygens (including phenoxy) is 3. The van der Waals surface area contributed by atoms with Gasteiger partial charge in [0, 0.05) is 17.8 Å². The molecule has 1 heterocycles. The van der Waals surface area contributed by atoms with Crippen LogP contribution in [0.25, 0.3) is 0 Å². The number of allylic oxidation sites excluding steroid dienone is 1. The van der Waals surface area contributed by atoms with Crippen LogP contribution in [0.15, 0.2) is 29.8 Å². The van der Waals surface area contributed by atoms with Crippen molar-refractivity contribution in [1.82, 2.24) is 0 Å². The van der Waals surface area contributed by atoms with Gasteiger partial charge in [0.15, 0.2) is 17.6 Å². The van der Waals surface area contributed by atoms with Crippen LogP contribution in [0, 0.1) is 0 Å². The van der Waals surface area contributed by atoms with Crippen LogP contribution in [0.1, 0.15) is 20.8 Å². The van der Waals surface area contributed by atoms with Crippen LogP contribution in [0.5, 0.6) is 11.5 Å². The molecule has 0 saturated carbocycles. The molecule has 0 saturated heterocycles. The number of esters is 1. The Balaban J connectivity index is 1.94. The van der Waals surface area contributed by atoms with Gasteiger partial charge in [-0.15, -0.1) is 0 Å². The Hall–Kier alpha value is -2.50. The predicted octanol–water partition coefficient (Wildman–Crippen LogP) is 2.25. The molecule has 112 valence electrons. The number of hydrogen-bond donors (Lipinski definition) is 1. The van der Waals surface area contributed by atoms with Gasteiger partial charge in [0.25, 0.3) is 5.91 Å². The van der Waals surface area contributed by atoms with Crippen molar-refractivity contribution in [1.29, 1.82) is 0 Å². The van der Waals surface area contributed by atoms with Gasteiger partial charge in [-0.25, -0.2) is 4.79 Å². The summed E-state index contributed by atoms with van der Waals surface area (Å²) in [7, 11) is 0. The standard InChI is InChI=1S/C15H17NO5/c1-9(2)6-14(17)21-10(3)15(18)16-11-4-5-12-13(7-11)20-8-19-12/h4-7,10H,8H2,1-3H3,(H,16,18)/t10-/m1/s1. The fraction of sp³-hybridized carbons (Fsp3) is 0.333. The molecule has 1 atom stereocenters. The minimum atomic E-state index is -0.890. The molecule has 0 unspecified atom stereocenters. The summed E-state index contributed by atoms with van der Waals surface area (Å²) in [4.78, 5) is 23.4. The van der Waals surface area contributed by atoms with Crippen LogP contribution < -0.4 is 14.8 Å². The Labute approximate surface area is 122 Å². The summed E-state index contributed by atoms with van der Waals surface area (Å²) in [6.45, 7) is 5.24. The average Bonchev–Trinajstić information content (AvgIpc) is 2.84. The first-order valence-electron chi connectivity index (χ1n) is 6.52. The van der Waals surface area contributed by atoms with Crippen LogP contribution >= 0.6 is 0 Å². The maximum Gasteiger partial charge on any atom is 0.331 e. The first kappa shape index (κ1) is 14.9. The molecule has 1 aromatic carbocycles. The second-order valence-electron chi connectivity index (χ2n) is 4.86. The molecule has 1 amide bonds. The second-order valence-corrected chi connectivity index (χ2v) is 4.86. The van der Waals surface area contributed by atoms with Crippen molar-refractivity contribution < 1.29 is 23.8 Å². The zero-order valence-corrected chi connectivity index (χ0v) is 12.1. The van der Waals surface area contributed by atoms with E-state index in [-0.39, 0.29) is 6.79 Å². The van der Waals surface area contributed by atoms with Gasteiger partial charge in [-0.05, 0) is 32.9 Å². The van der Waals surface area contributed by atoms with E-state index in [1.807, 2.05) is 0 Å². The molecule has 0 fully saturated rings. The number of benzene rings is 1. The number of rotatable bonds is 4. The molecule has 0 radical (unpaired) electrons. The number of carbonyl (C=O) groups excluding carboxylic acids is 2. The van der Waals surface area contributed by atoms with E-state index in [1.54, 1.807) is 32.0 Å². The smallest absolute Gasteiger partial charge is 0.331 e. The summed E-state index contributed by atoms with van der Waals surface area (Å²) in [6.07, 6.45) is 0.447. The minimum absolute atomic E-state index is 0.170. The van der Waals surface area contributed by atoms with Gasteiger partial charge in [0.1, 0.15) is 0 Å². The zero-order valence-electron chi connectivity index (χ0n) is 12.1. The molecule has 1 aromatic rings. The fourth-order valence-electron chi connectivity index (χ4n) is 1.72. The van der Waals surface area contributed by atoms with Crippen molar-refractivity contribution in [3.05, 3.63) is 29.8 Å². The van der Waals surface area contributed by atoms with E-state index in [0.29, 0.717) is 17.2 Å². The van der Waals surface area contributed by atoms with Gasteiger partial charge in [-0.1, -0.05) is 5.57 Å². The number of nitrogens with one attached hydrogen (secondary N) is 1. The lowest BCUT2D eigenvalue weighted by Crippen LogP contribution is -2.29. The molecule has 0 aromatic heterocycles. The summed E-state index contributed by atoms with van der Waals surface area (Å²) in [5, 5.41) is 2.66. The molecule has 0 bridgehead atoms. The molecule has 1 aliphatic rings. The van der Waals surface area contributed by atoms with Crippen molar-refractivity contribution in [2.45, 2.75) is 26.9 Å². The maximum absolute atomic E-state index is 12.0. The Bertz CT molecular complexity index is 590. The SMILES string of the molecule is CC(C)=CC(=O)O[C@H](C)C(=O)Nc1ccc2c(c1)OCO2. The van der Waals surface area contributed by atoms with Gasteiger partial charge >= 0.3 is 5.97 Å². The molecule has 1 N–H and O–H groups in total. The van der Waals surface area contributed by atoms with Gasteiger partial charge in [-0.2, -0.15) is 0 Å². The van der Waals surface area contributed by atoms with Gasteiger partial charge in [0.2, 0.25) is 6.79 Å². The molecular weight excluding hydrogens is 274 g/mol. The molecule has 0 aliphatic carbocycles. The van der Waals surface area contributed by atoms with Crippen LogP contribution in [0.2, 0.25) is 0 Å². The maximum atomic E-state index is 12.0. The quantitative estimate of drug-likeness (QED) is 0.680. The van der Waals surface area contributed by atoms with E-state index in [1.165, 1.54) is 13.0 Å². The summed E-state index contributed by atoms with van der Waals surface area (Å²) in [5.41, 5.74) is 1.36. The van der Waals surface area contributed by atoms with Crippen molar-refractivity contribution >= 4 is 17.6 Å². The highest BCUT2D eigenvalue weighted by atomic mass is 16.7. The fourth-order valence-corrected chi connectivity index (χ4v) is 1.72. The van der Waals surface area contributed by atoms with Crippen LogP contribution in [-0.4, -0.2) is 24.8 Å². The largest absolute Gasteiger partial charge is 0.454 e. The highest BCUT2D eigenvalue weighted by Gasteiger charge is 2.19. The van der Waals surface area contributed by atoms with E-state index in [4.69, 9.17) is 14.2 Å². The lowest BCUT2D eigenvalue weighted by molar-refractivity contribution is -0.148. The Kier molecular flexibility index (Phi) is 4.47. The monoisotopic (exact) mass is 291 g/mol. The highest BCUT2D eigenvalue weighted by molar-refractivity contribution is 5.96. The number of fused-ring (bicyclic) bond motifs is 1. The normalized spacial score (nSPS) is 13.3. The topological polar surface area (TPSA) is 73.9 Å². The summed E-state index contributed by atoms with van der Waals surface area (Å²) in [5.74, 6) is 0.255. The molecule has 6 heteroatoms. The van der Waals surface area contributed by atoms with Gasteiger partial charge in [0.05, 0.1) is 0 Å². The van der Waals surface area contributed by atoms with E-state index in [2.05, 4.69) is 5.32 Å². The highest BCUT2D eigenvalue weighted by Crippen LogP contribution is 2.34. The first-order valence-corrected chi connectivity index (χ1v) is 6.52. The van der Waals surface area contributed by atoms with E-state index in [9.17, 15) is 9.59 Å². The molecule has 1 aliphatic heterocycles. The number of anilines is 1. The number of carbonyl (C=O) groups is 2. The lowest BCUT2D eigenvalue weighted by Gasteiger charge is -2.12. The van der Waals surface area contributed by atoms with E-state index in [0.717, 1.165) is 5.57 Å². The van der Waals surface area contributed by atoms with Crippen molar-refractivity contribution in [3.63, 3.8) is 0 Å². The van der Waals surface area contributed by atoms with E-state index >= 15 is 0 Å². The predicted molar refractivity (Wildman–Crippen MR) is 76.2 cm³/mol. The first-order chi connectivity index (χ1) is 9.95. The third-order valence-corrected chi connectivity index (χ3v) is 2.71. The van der Waals surface area contributed by atoms with Crippen LogP contribution in [0.4, 0.5) is 5.69 Å². The molecule has 6 nitrogen and oxygen atoms in total. The summed E-state index contributed by atoms with van der Waals surface area (Å²) >= 11 is 0. The van der Waals surface area contributed by atoms with Crippen molar-refractivity contribution in [3.8, 4) is 11.5 Å². The van der Waals surface area contributed by atoms with Crippen molar-refractivity contribution in [2.75, 3.05) is 12.1 Å². The molecule has 2 rings (SSSR count). The Morgan fingerprint density at radius 2 is 2.00 bits per heavy atom. The van der Waals surface area contributed by atoms with Gasteiger partial charge in [-0.3, -0.25) is 4.79 Å². The van der Waals surface area contributed by atoms with E-state index < -0.39 is 18.0 Å². The molecule has 21 heavy (non-hydrogen) atoms. The lowest BCUT2D eigenvalue weighted by atomic mass is 10.2. The minimum Gasteiger partial charge on any atom is -0.454 e. The molecule has 0 spiro atoms. The summed E-state index contributed by atoms with van der Waals surface area (Å²) < 4.78 is 15.4. The van der Waals surface area contributed by atoms with Gasteiger partial charge < -0.3 is 19.5 Å². The third kappa shape index (κ3) is 3.98. The average molecular weight is 291 g/mol. The van der Waals surface area contributed by atoms with Crippen molar-refractivity contribution in [2.24, 2.45) is 0 Å². The number of hydrogen-bond acceptors (Lipinski definition) is 5. The van der Waals surface area contributed by atoms with Crippen LogP contribution in [0.3, 0.4) is 0 Å². The Morgan fingerprint density at radius 3 is 2.71 bits per heavy atom. The second kappa shape index (κ2) is 6.30. The number of amides is 1. The third-order valence-electron chi connectivity index (χ3n) is 2.71. The zero-order chi connectivity index (χ0) is 15.4. The summed E-state index contributed by atoms with van der Waals surface area (Å²) in [6, 6.07) is 5.05.